The van der Waals surface area contributed by atoms with E-state index in [1.54, 1.807) is 6.08 Å². The first-order valence-corrected chi connectivity index (χ1v) is 4.61. The summed E-state index contributed by atoms with van der Waals surface area (Å²) >= 11 is 0. The van der Waals surface area contributed by atoms with E-state index in [0.29, 0.717) is 18.3 Å². The van der Waals surface area contributed by atoms with Crippen LogP contribution in [0.4, 0.5) is 0 Å². The number of allylic oxidation sites excluding steroid dienone is 2. The van der Waals surface area contributed by atoms with Gasteiger partial charge in [0.1, 0.15) is 0 Å². The van der Waals surface area contributed by atoms with Crippen LogP contribution < -0.4 is 0 Å². The molecule has 0 saturated heterocycles. The lowest BCUT2D eigenvalue weighted by molar-refractivity contribution is -0.116. The standard InChI is InChI=1S/C9H15BO3/c1-6(2)7-3-4-8(10(12)13)9(11)5-7/h4,6-7,12-13H,3,5H2,1-2H3/t7-/m0/s1. The van der Waals surface area contributed by atoms with Crippen molar-refractivity contribution in [2.24, 2.45) is 11.8 Å². The highest BCUT2D eigenvalue weighted by molar-refractivity contribution is 6.58. The lowest BCUT2D eigenvalue weighted by Gasteiger charge is -2.23. The molecule has 2 N–H and O–H groups in total. The molecule has 0 unspecified atom stereocenters. The molecule has 0 aliphatic heterocycles. The number of Topliss-reactive ketones (excluding diaryl/α,β-unsaturated/α-hetero) is 1. The minimum atomic E-state index is -1.60. The van der Waals surface area contributed by atoms with E-state index in [4.69, 9.17) is 10.0 Å². The van der Waals surface area contributed by atoms with Gasteiger partial charge in [-0.15, -0.1) is 0 Å². The summed E-state index contributed by atoms with van der Waals surface area (Å²) in [4.78, 5) is 11.4. The number of hydrogen-bond acceptors (Lipinski definition) is 3. The van der Waals surface area contributed by atoms with Gasteiger partial charge in [0.25, 0.3) is 0 Å². The molecule has 1 aliphatic rings. The number of carbonyl (C=O) groups excluding carboxylic acids is 1. The predicted molar refractivity (Wildman–Crippen MR) is 50.8 cm³/mol. The minimum Gasteiger partial charge on any atom is -0.423 e. The van der Waals surface area contributed by atoms with Crippen LogP contribution in [0.25, 0.3) is 0 Å². The first-order valence-electron chi connectivity index (χ1n) is 4.61. The van der Waals surface area contributed by atoms with Crippen LogP contribution in [-0.4, -0.2) is 22.9 Å². The summed E-state index contributed by atoms with van der Waals surface area (Å²) in [6, 6.07) is 0. The summed E-state index contributed by atoms with van der Waals surface area (Å²) in [7, 11) is -1.60. The Hall–Kier alpha value is -0.605. The van der Waals surface area contributed by atoms with Crippen LogP contribution in [0.1, 0.15) is 26.7 Å². The molecule has 0 fully saturated rings. The normalized spacial score (nSPS) is 23.3. The van der Waals surface area contributed by atoms with Crippen molar-refractivity contribution in [3.63, 3.8) is 0 Å². The second-order valence-electron chi connectivity index (χ2n) is 3.90. The largest absolute Gasteiger partial charge is 0.491 e. The Bertz CT molecular complexity index is 233. The molecule has 4 heteroatoms. The molecular weight excluding hydrogens is 167 g/mol. The van der Waals surface area contributed by atoms with E-state index in [0.717, 1.165) is 6.42 Å². The first kappa shape index (κ1) is 10.5. The Kier molecular flexibility index (Phi) is 3.28. The third kappa shape index (κ3) is 2.42. The highest BCUT2D eigenvalue weighted by Gasteiger charge is 2.29. The lowest BCUT2D eigenvalue weighted by Crippen LogP contribution is -2.28. The van der Waals surface area contributed by atoms with Crippen LogP contribution in [0.15, 0.2) is 11.5 Å². The Morgan fingerprint density at radius 1 is 1.54 bits per heavy atom. The van der Waals surface area contributed by atoms with Gasteiger partial charge in [0.15, 0.2) is 5.78 Å². The fourth-order valence-corrected chi connectivity index (χ4v) is 1.59. The number of carbonyl (C=O) groups is 1. The molecule has 72 valence electrons. The van der Waals surface area contributed by atoms with Gasteiger partial charge in [0, 0.05) is 11.9 Å². The van der Waals surface area contributed by atoms with Crippen molar-refractivity contribution in [2.75, 3.05) is 0 Å². The average Bonchev–Trinajstić information content (AvgIpc) is 2.03. The molecule has 0 aromatic heterocycles. The van der Waals surface area contributed by atoms with Gasteiger partial charge in [-0.25, -0.2) is 0 Å². The molecule has 1 rings (SSSR count). The highest BCUT2D eigenvalue weighted by atomic mass is 16.4. The van der Waals surface area contributed by atoms with Crippen molar-refractivity contribution in [2.45, 2.75) is 26.7 Å². The topological polar surface area (TPSA) is 57.5 Å². The van der Waals surface area contributed by atoms with Gasteiger partial charge in [-0.1, -0.05) is 19.9 Å². The molecule has 1 aliphatic carbocycles. The fourth-order valence-electron chi connectivity index (χ4n) is 1.59. The van der Waals surface area contributed by atoms with Crippen molar-refractivity contribution >= 4 is 12.9 Å². The smallest absolute Gasteiger partial charge is 0.423 e. The summed E-state index contributed by atoms with van der Waals surface area (Å²) < 4.78 is 0. The Morgan fingerprint density at radius 2 is 2.15 bits per heavy atom. The maximum Gasteiger partial charge on any atom is 0.491 e. The Labute approximate surface area is 78.6 Å². The Morgan fingerprint density at radius 3 is 2.54 bits per heavy atom. The average molecular weight is 182 g/mol. The molecule has 0 radical (unpaired) electrons. The molecule has 1 atom stereocenters. The molecule has 0 spiro atoms. The van der Waals surface area contributed by atoms with Gasteiger partial charge in [-0.2, -0.15) is 0 Å². The number of rotatable bonds is 2. The molecule has 0 bridgehead atoms. The van der Waals surface area contributed by atoms with Crippen molar-refractivity contribution in [1.82, 2.24) is 0 Å². The van der Waals surface area contributed by atoms with Crippen LogP contribution in [0.3, 0.4) is 0 Å². The van der Waals surface area contributed by atoms with Crippen molar-refractivity contribution in [3.05, 3.63) is 11.5 Å². The molecular formula is C9H15BO3. The quantitative estimate of drug-likeness (QED) is 0.613. The van der Waals surface area contributed by atoms with E-state index in [1.807, 2.05) is 0 Å². The maximum atomic E-state index is 11.4. The molecule has 0 amide bonds. The first-order chi connectivity index (χ1) is 6.02. The van der Waals surface area contributed by atoms with Crippen LogP contribution in [-0.2, 0) is 4.79 Å². The fraction of sp³-hybridized carbons (Fsp3) is 0.667. The molecule has 0 saturated carbocycles. The van der Waals surface area contributed by atoms with Gasteiger partial charge < -0.3 is 10.0 Å². The van der Waals surface area contributed by atoms with E-state index in [1.165, 1.54) is 0 Å². The van der Waals surface area contributed by atoms with E-state index in [2.05, 4.69) is 13.8 Å². The lowest BCUT2D eigenvalue weighted by atomic mass is 9.69. The maximum absolute atomic E-state index is 11.4. The van der Waals surface area contributed by atoms with E-state index in [9.17, 15) is 4.79 Å². The zero-order valence-corrected chi connectivity index (χ0v) is 8.03. The van der Waals surface area contributed by atoms with E-state index < -0.39 is 7.12 Å². The summed E-state index contributed by atoms with van der Waals surface area (Å²) in [5.41, 5.74) is 0.164. The second kappa shape index (κ2) is 4.07. The summed E-state index contributed by atoms with van der Waals surface area (Å²) in [6.07, 6.45) is 2.87. The highest BCUT2D eigenvalue weighted by Crippen LogP contribution is 2.27. The van der Waals surface area contributed by atoms with E-state index in [-0.39, 0.29) is 11.3 Å². The van der Waals surface area contributed by atoms with Crippen LogP contribution in [0, 0.1) is 11.8 Å². The number of ketones is 1. The van der Waals surface area contributed by atoms with Gasteiger partial charge in [-0.05, 0) is 18.3 Å². The van der Waals surface area contributed by atoms with Gasteiger partial charge in [0.2, 0.25) is 0 Å². The third-order valence-electron chi connectivity index (χ3n) is 2.63. The minimum absolute atomic E-state index is 0.125. The monoisotopic (exact) mass is 182 g/mol. The third-order valence-corrected chi connectivity index (χ3v) is 2.63. The van der Waals surface area contributed by atoms with Crippen molar-refractivity contribution in [3.8, 4) is 0 Å². The van der Waals surface area contributed by atoms with Crippen LogP contribution >= 0.6 is 0 Å². The molecule has 0 aromatic carbocycles. The van der Waals surface area contributed by atoms with Crippen LogP contribution in [0.5, 0.6) is 0 Å². The molecule has 13 heavy (non-hydrogen) atoms. The van der Waals surface area contributed by atoms with Gasteiger partial charge in [0.05, 0.1) is 0 Å². The summed E-state index contributed by atoms with van der Waals surface area (Å²) in [5, 5.41) is 17.7. The predicted octanol–water partition coefficient (Wildman–Crippen LogP) is 0.560. The second-order valence-corrected chi connectivity index (χ2v) is 3.90. The van der Waals surface area contributed by atoms with E-state index >= 15 is 0 Å². The van der Waals surface area contributed by atoms with Gasteiger partial charge >= 0.3 is 7.12 Å². The summed E-state index contributed by atoms with van der Waals surface area (Å²) in [5.74, 6) is 0.701. The Balaban J connectivity index is 2.70. The molecule has 0 heterocycles. The molecule has 0 aromatic rings. The zero-order chi connectivity index (χ0) is 10.0. The zero-order valence-electron chi connectivity index (χ0n) is 8.03. The summed E-state index contributed by atoms with van der Waals surface area (Å²) in [6.45, 7) is 4.15. The van der Waals surface area contributed by atoms with Crippen molar-refractivity contribution in [1.29, 1.82) is 0 Å². The SMILES string of the molecule is CC(C)[C@H]1CC=C(B(O)O)C(=O)C1. The number of hydrogen-bond donors (Lipinski definition) is 2. The van der Waals surface area contributed by atoms with Crippen molar-refractivity contribution < 1.29 is 14.8 Å². The van der Waals surface area contributed by atoms with Gasteiger partial charge in [-0.3, -0.25) is 4.79 Å². The molecule has 3 nitrogen and oxygen atoms in total. The van der Waals surface area contributed by atoms with Crippen LogP contribution in [0.2, 0.25) is 0 Å².